The molecule has 3 rings (SSSR count). The monoisotopic (exact) mass is 277 g/mol. The average molecular weight is 277 g/mol. The zero-order chi connectivity index (χ0) is 14.7. The molecule has 21 heavy (non-hydrogen) atoms. The molecule has 0 aliphatic carbocycles. The van der Waals surface area contributed by atoms with Gasteiger partial charge in [-0.2, -0.15) is 0 Å². The molecule has 0 saturated carbocycles. The predicted octanol–water partition coefficient (Wildman–Crippen LogP) is 3.62. The van der Waals surface area contributed by atoms with Crippen LogP contribution in [0.3, 0.4) is 0 Å². The smallest absolute Gasteiger partial charge is 0.0870 e. The van der Waals surface area contributed by atoms with Gasteiger partial charge < -0.3 is 10.8 Å². The van der Waals surface area contributed by atoms with Gasteiger partial charge in [-0.3, -0.25) is 0 Å². The van der Waals surface area contributed by atoms with Crippen LogP contribution < -0.4 is 5.73 Å². The highest BCUT2D eigenvalue weighted by Crippen LogP contribution is 2.34. The molecule has 0 bridgehead atoms. The number of rotatable bonds is 4. The van der Waals surface area contributed by atoms with Crippen molar-refractivity contribution in [3.05, 3.63) is 83.9 Å². The topological polar surface area (TPSA) is 46.2 Å². The van der Waals surface area contributed by atoms with E-state index in [1.54, 1.807) is 0 Å². The van der Waals surface area contributed by atoms with Gasteiger partial charge in [-0.25, -0.2) is 0 Å². The molecule has 2 nitrogen and oxygen atoms in total. The first-order chi connectivity index (χ1) is 10.3. The summed E-state index contributed by atoms with van der Waals surface area (Å²) < 4.78 is 0. The molecule has 0 fully saturated rings. The van der Waals surface area contributed by atoms with Crippen molar-refractivity contribution in [2.45, 2.75) is 12.0 Å². The number of hydrogen-bond acceptors (Lipinski definition) is 2. The zero-order valence-corrected chi connectivity index (χ0v) is 11.8. The van der Waals surface area contributed by atoms with Gasteiger partial charge in [-0.05, 0) is 21.9 Å². The summed E-state index contributed by atoms with van der Waals surface area (Å²) >= 11 is 0. The Morgan fingerprint density at radius 2 is 1.48 bits per heavy atom. The fourth-order valence-electron chi connectivity index (χ4n) is 2.88. The molecule has 0 radical (unpaired) electrons. The molecule has 0 spiro atoms. The Morgan fingerprint density at radius 1 is 0.810 bits per heavy atom. The Hall–Kier alpha value is -2.16. The molecule has 2 atom stereocenters. The maximum absolute atomic E-state index is 10.7. The molecule has 0 aromatic heterocycles. The highest BCUT2D eigenvalue weighted by Gasteiger charge is 2.22. The Labute approximate surface area is 124 Å². The molecule has 2 heteroatoms. The van der Waals surface area contributed by atoms with Gasteiger partial charge in [0, 0.05) is 12.5 Å². The normalized spacial score (nSPS) is 14.0. The van der Waals surface area contributed by atoms with Crippen LogP contribution in [0.4, 0.5) is 0 Å². The van der Waals surface area contributed by atoms with Crippen molar-refractivity contribution in [3.8, 4) is 0 Å². The lowest BCUT2D eigenvalue weighted by Gasteiger charge is -2.23. The molecular formula is C19H19NO. The third kappa shape index (κ3) is 2.68. The van der Waals surface area contributed by atoms with E-state index in [0.29, 0.717) is 6.54 Å². The van der Waals surface area contributed by atoms with E-state index in [0.717, 1.165) is 16.5 Å². The Morgan fingerprint density at radius 3 is 2.24 bits per heavy atom. The largest absolute Gasteiger partial charge is 0.388 e. The SMILES string of the molecule is NC[C@@H](c1cccc2ccccc12)[C@H](O)c1ccccc1. The van der Waals surface area contributed by atoms with Gasteiger partial charge in [0.1, 0.15) is 0 Å². The minimum absolute atomic E-state index is 0.113. The third-order valence-corrected chi connectivity index (χ3v) is 4.00. The summed E-state index contributed by atoms with van der Waals surface area (Å²) in [4.78, 5) is 0. The first kappa shape index (κ1) is 13.8. The quantitative estimate of drug-likeness (QED) is 0.765. The van der Waals surface area contributed by atoms with Crippen molar-refractivity contribution >= 4 is 10.8 Å². The average Bonchev–Trinajstić information content (AvgIpc) is 2.56. The maximum atomic E-state index is 10.7. The highest BCUT2D eigenvalue weighted by atomic mass is 16.3. The first-order valence-electron chi connectivity index (χ1n) is 7.22. The third-order valence-electron chi connectivity index (χ3n) is 4.00. The Kier molecular flexibility index (Phi) is 4.00. The van der Waals surface area contributed by atoms with Gasteiger partial charge in [0.25, 0.3) is 0 Å². The summed E-state index contributed by atoms with van der Waals surface area (Å²) in [5, 5.41) is 13.0. The van der Waals surface area contributed by atoms with Crippen molar-refractivity contribution in [2.75, 3.05) is 6.54 Å². The van der Waals surface area contributed by atoms with E-state index in [2.05, 4.69) is 24.3 Å². The van der Waals surface area contributed by atoms with Gasteiger partial charge in [0.15, 0.2) is 0 Å². The van der Waals surface area contributed by atoms with Gasteiger partial charge in [-0.1, -0.05) is 72.8 Å². The maximum Gasteiger partial charge on any atom is 0.0870 e. The predicted molar refractivity (Wildman–Crippen MR) is 87.1 cm³/mol. The second kappa shape index (κ2) is 6.08. The van der Waals surface area contributed by atoms with Crippen molar-refractivity contribution in [1.82, 2.24) is 0 Å². The van der Waals surface area contributed by atoms with Crippen LogP contribution in [0.25, 0.3) is 10.8 Å². The van der Waals surface area contributed by atoms with E-state index in [4.69, 9.17) is 5.73 Å². The summed E-state index contributed by atoms with van der Waals surface area (Å²) in [6.45, 7) is 0.407. The minimum atomic E-state index is -0.595. The molecular weight excluding hydrogens is 258 g/mol. The van der Waals surface area contributed by atoms with Crippen LogP contribution in [0.15, 0.2) is 72.8 Å². The van der Waals surface area contributed by atoms with Crippen LogP contribution in [0.1, 0.15) is 23.1 Å². The molecule has 3 aromatic rings. The fraction of sp³-hybridized carbons (Fsp3) is 0.158. The Bertz CT molecular complexity index is 718. The molecule has 0 aliphatic rings. The van der Waals surface area contributed by atoms with E-state index < -0.39 is 6.10 Å². The van der Waals surface area contributed by atoms with E-state index in [1.165, 1.54) is 5.39 Å². The summed E-state index contributed by atoms with van der Waals surface area (Å²) in [6.07, 6.45) is -0.595. The number of aliphatic hydroxyl groups is 1. The van der Waals surface area contributed by atoms with Gasteiger partial charge >= 0.3 is 0 Å². The standard InChI is InChI=1S/C19H19NO/c20-13-18(19(21)15-8-2-1-3-9-15)17-12-6-10-14-7-4-5-11-16(14)17/h1-12,18-19,21H,13,20H2/t18-,19+/m0/s1. The minimum Gasteiger partial charge on any atom is -0.388 e. The van der Waals surface area contributed by atoms with Gasteiger partial charge in [0.2, 0.25) is 0 Å². The summed E-state index contributed by atoms with van der Waals surface area (Å²) in [5.74, 6) is -0.113. The van der Waals surface area contributed by atoms with Crippen LogP contribution in [-0.2, 0) is 0 Å². The molecule has 0 aliphatic heterocycles. The number of benzene rings is 3. The van der Waals surface area contributed by atoms with Crippen molar-refractivity contribution in [3.63, 3.8) is 0 Å². The number of nitrogens with two attached hydrogens (primary N) is 1. The molecule has 0 heterocycles. The summed E-state index contributed by atoms with van der Waals surface area (Å²) in [5.41, 5.74) is 7.98. The van der Waals surface area contributed by atoms with E-state index >= 15 is 0 Å². The van der Waals surface area contributed by atoms with Crippen LogP contribution in [0.2, 0.25) is 0 Å². The van der Waals surface area contributed by atoms with Crippen LogP contribution >= 0.6 is 0 Å². The molecule has 3 aromatic carbocycles. The molecule has 0 unspecified atom stereocenters. The lowest BCUT2D eigenvalue weighted by molar-refractivity contribution is 0.148. The molecule has 0 saturated heterocycles. The molecule has 0 amide bonds. The van der Waals surface area contributed by atoms with Gasteiger partial charge in [0.05, 0.1) is 6.10 Å². The fourth-order valence-corrected chi connectivity index (χ4v) is 2.88. The van der Waals surface area contributed by atoms with Crippen molar-refractivity contribution < 1.29 is 5.11 Å². The lowest BCUT2D eigenvalue weighted by atomic mass is 9.86. The second-order valence-electron chi connectivity index (χ2n) is 5.27. The first-order valence-corrected chi connectivity index (χ1v) is 7.22. The highest BCUT2D eigenvalue weighted by molar-refractivity contribution is 5.86. The van der Waals surface area contributed by atoms with Crippen molar-refractivity contribution in [1.29, 1.82) is 0 Å². The van der Waals surface area contributed by atoms with Gasteiger partial charge in [-0.15, -0.1) is 0 Å². The van der Waals surface area contributed by atoms with Crippen LogP contribution in [0.5, 0.6) is 0 Å². The van der Waals surface area contributed by atoms with Crippen LogP contribution in [-0.4, -0.2) is 11.7 Å². The van der Waals surface area contributed by atoms with E-state index in [1.807, 2.05) is 48.5 Å². The Balaban J connectivity index is 2.06. The lowest BCUT2D eigenvalue weighted by Crippen LogP contribution is -2.20. The number of fused-ring (bicyclic) bond motifs is 1. The number of aliphatic hydroxyl groups excluding tert-OH is 1. The number of hydrogen-bond donors (Lipinski definition) is 2. The van der Waals surface area contributed by atoms with E-state index in [9.17, 15) is 5.11 Å². The summed E-state index contributed by atoms with van der Waals surface area (Å²) in [7, 11) is 0. The molecule has 3 N–H and O–H groups in total. The molecule has 106 valence electrons. The second-order valence-corrected chi connectivity index (χ2v) is 5.27. The zero-order valence-electron chi connectivity index (χ0n) is 11.8. The van der Waals surface area contributed by atoms with Crippen LogP contribution in [0, 0.1) is 0 Å². The van der Waals surface area contributed by atoms with Crippen molar-refractivity contribution in [2.24, 2.45) is 5.73 Å². The van der Waals surface area contributed by atoms with E-state index in [-0.39, 0.29) is 5.92 Å². The summed E-state index contributed by atoms with van der Waals surface area (Å²) in [6, 6.07) is 24.1.